The van der Waals surface area contributed by atoms with Gasteiger partial charge in [-0.15, -0.1) is 0 Å². The Bertz CT molecular complexity index is 1710. The van der Waals surface area contributed by atoms with Crippen LogP contribution in [0.25, 0.3) is 0 Å². The highest BCUT2D eigenvalue weighted by Gasteiger charge is 2.45. The van der Waals surface area contributed by atoms with Crippen molar-refractivity contribution in [3.8, 4) is 0 Å². The van der Waals surface area contributed by atoms with Crippen LogP contribution in [0.5, 0.6) is 0 Å². The summed E-state index contributed by atoms with van der Waals surface area (Å²) < 4.78 is 0. The van der Waals surface area contributed by atoms with Crippen molar-refractivity contribution in [3.05, 3.63) is 71.8 Å². The van der Waals surface area contributed by atoms with Gasteiger partial charge in [0.2, 0.25) is 23.6 Å². The van der Waals surface area contributed by atoms with Gasteiger partial charge in [0.05, 0.1) is 6.04 Å². The number of benzene rings is 2. The lowest BCUT2D eigenvalue weighted by Crippen LogP contribution is -2.62. The molecule has 2 saturated heterocycles. The molecule has 3 aliphatic rings. The maximum atomic E-state index is 14.6. The van der Waals surface area contributed by atoms with Crippen LogP contribution in [0.15, 0.2) is 65.8 Å². The van der Waals surface area contributed by atoms with Crippen LogP contribution in [-0.4, -0.2) is 123 Å². The molecule has 5 amide bonds. The molecule has 0 radical (unpaired) electrons. The van der Waals surface area contributed by atoms with Gasteiger partial charge < -0.3 is 30.9 Å². The van der Waals surface area contributed by atoms with Gasteiger partial charge in [0.25, 0.3) is 5.91 Å². The maximum absolute atomic E-state index is 14.6. The summed E-state index contributed by atoms with van der Waals surface area (Å²) in [6.07, 6.45) is 5.86. The maximum Gasteiger partial charge on any atom is 0.326 e. The van der Waals surface area contributed by atoms with E-state index in [1.165, 1.54) is 14.7 Å². The number of carbonyl (C=O) groups excluding carboxylic acids is 5. The van der Waals surface area contributed by atoms with Gasteiger partial charge in [-0.3, -0.25) is 24.0 Å². The number of carboxylic acids is 1. The Morgan fingerprint density at radius 1 is 0.836 bits per heavy atom. The molecule has 55 heavy (non-hydrogen) atoms. The number of nitrogens with one attached hydrogen (secondary N) is 1. The van der Waals surface area contributed by atoms with Gasteiger partial charge in [-0.1, -0.05) is 80.9 Å². The molecule has 5 rings (SSSR count). The van der Waals surface area contributed by atoms with E-state index in [9.17, 15) is 33.9 Å². The Balaban J connectivity index is 1.36. The van der Waals surface area contributed by atoms with E-state index in [0.29, 0.717) is 44.9 Å². The second kappa shape index (κ2) is 19.0. The molecule has 0 aliphatic carbocycles. The number of nitrogens with zero attached hydrogens (tertiary/aromatic N) is 5. The number of carboxylic acid groups (broad SMARTS) is 1. The zero-order chi connectivity index (χ0) is 39.6. The van der Waals surface area contributed by atoms with Crippen LogP contribution in [0.2, 0.25) is 0 Å². The minimum atomic E-state index is -1.08. The molecule has 7 atom stereocenters. The minimum Gasteiger partial charge on any atom is -0.480 e. The average Bonchev–Trinajstić information content (AvgIpc) is 3.72. The lowest BCUT2D eigenvalue weighted by Gasteiger charge is -2.42. The van der Waals surface area contributed by atoms with Crippen LogP contribution in [-0.2, 0) is 41.6 Å². The third-order valence-corrected chi connectivity index (χ3v) is 11.3. The molecule has 3 aliphatic heterocycles. The van der Waals surface area contributed by atoms with Crippen molar-refractivity contribution >= 4 is 41.7 Å². The molecule has 0 bridgehead atoms. The van der Waals surface area contributed by atoms with Crippen molar-refractivity contribution in [3.63, 3.8) is 0 Å². The van der Waals surface area contributed by atoms with E-state index in [1.54, 1.807) is 13.3 Å². The Kier molecular flexibility index (Phi) is 14.2. The molecule has 2 aromatic carbocycles. The van der Waals surface area contributed by atoms with E-state index in [4.69, 9.17) is 5.73 Å². The molecule has 4 N–H and O–H groups in total. The first-order valence-electron chi connectivity index (χ1n) is 19.5. The van der Waals surface area contributed by atoms with Crippen LogP contribution in [0.3, 0.4) is 0 Å². The van der Waals surface area contributed by atoms with E-state index >= 15 is 0 Å². The standard InChI is InChI=1S/C41H55N7O7/c1-4-27(2)35(44-36(49)30(42)25-28-15-7-5-8-16-28)40(53)48-32(20-13-22-43-48)38(51)46-23-12-11-19-31(46)37(50)45(3)34(26-29-17-9-6-10-18-29)39(52)47-24-14-21-33(47)41(54)55/h5-10,15-18,22,27,30-35H,4,11-14,19-21,23-26,42H2,1-3H3,(H,44,49)(H,54,55)/t27?,30-,31+,32-,33+,34-,35+/m1/s1. The number of likely N-dealkylation sites (N-methyl/N-ethyl adjacent to an activating group) is 1. The average molecular weight is 758 g/mol. The molecule has 296 valence electrons. The monoisotopic (exact) mass is 757 g/mol. The lowest BCUT2D eigenvalue weighted by molar-refractivity contribution is -0.158. The van der Waals surface area contributed by atoms with Gasteiger partial charge in [0.1, 0.15) is 30.2 Å². The fraction of sp³-hybridized carbons (Fsp3) is 0.537. The van der Waals surface area contributed by atoms with Crippen LogP contribution in [0, 0.1) is 5.92 Å². The van der Waals surface area contributed by atoms with Crippen molar-refractivity contribution in [2.45, 2.75) is 114 Å². The molecule has 2 fully saturated rings. The predicted molar refractivity (Wildman–Crippen MR) is 206 cm³/mol. The molecule has 3 heterocycles. The third kappa shape index (κ3) is 9.77. The number of likely N-dealkylation sites (tertiary alicyclic amines) is 2. The highest BCUT2D eigenvalue weighted by Crippen LogP contribution is 2.27. The van der Waals surface area contributed by atoms with Crippen molar-refractivity contribution in [2.75, 3.05) is 20.1 Å². The summed E-state index contributed by atoms with van der Waals surface area (Å²) in [7, 11) is 1.54. The molecular formula is C41H55N7O7. The van der Waals surface area contributed by atoms with Gasteiger partial charge in [-0.25, -0.2) is 9.80 Å². The number of amides is 5. The van der Waals surface area contributed by atoms with E-state index in [2.05, 4.69) is 10.4 Å². The smallest absolute Gasteiger partial charge is 0.326 e. The third-order valence-electron chi connectivity index (χ3n) is 11.3. The number of hydrogen-bond acceptors (Lipinski definition) is 8. The molecule has 1 unspecified atom stereocenters. The number of nitrogens with two attached hydrogens (primary N) is 1. The Morgan fingerprint density at radius 3 is 2.09 bits per heavy atom. The van der Waals surface area contributed by atoms with Gasteiger partial charge in [0, 0.05) is 32.8 Å². The van der Waals surface area contributed by atoms with Gasteiger partial charge in [-0.05, 0) is 68.4 Å². The predicted octanol–water partition coefficient (Wildman–Crippen LogP) is 2.59. The summed E-state index contributed by atoms with van der Waals surface area (Å²) in [6, 6.07) is 12.8. The van der Waals surface area contributed by atoms with Crippen molar-refractivity contribution < 1.29 is 33.9 Å². The summed E-state index contributed by atoms with van der Waals surface area (Å²) in [5.41, 5.74) is 7.98. The van der Waals surface area contributed by atoms with Crippen LogP contribution in [0.1, 0.15) is 76.3 Å². The van der Waals surface area contributed by atoms with E-state index in [-0.39, 0.29) is 38.3 Å². The first-order valence-corrected chi connectivity index (χ1v) is 19.5. The number of hydrogen-bond donors (Lipinski definition) is 3. The van der Waals surface area contributed by atoms with Crippen LogP contribution >= 0.6 is 0 Å². The van der Waals surface area contributed by atoms with Crippen LogP contribution in [0.4, 0.5) is 0 Å². The molecule has 0 saturated carbocycles. The lowest BCUT2D eigenvalue weighted by atomic mass is 9.94. The molecular weight excluding hydrogens is 702 g/mol. The van der Waals surface area contributed by atoms with E-state index in [0.717, 1.165) is 16.1 Å². The number of hydrazone groups is 1. The van der Waals surface area contributed by atoms with Gasteiger partial charge in [0.15, 0.2) is 0 Å². The topological polar surface area (TPSA) is 186 Å². The van der Waals surface area contributed by atoms with Crippen molar-refractivity contribution in [1.29, 1.82) is 0 Å². The second-order valence-corrected chi connectivity index (χ2v) is 15.0. The SMILES string of the molecule is CCC(C)[C@H](NC(=O)[C@H](N)Cc1ccccc1)C(=O)N1N=CCC[C@@H]1C(=O)N1CCCC[C@H]1C(=O)N(C)[C@H](Cc1ccccc1)C(=O)N1CCC[C@H]1C(=O)O. The first kappa shape index (κ1) is 41.1. The number of rotatable bonds is 14. The Morgan fingerprint density at radius 2 is 1.45 bits per heavy atom. The number of carbonyl (C=O) groups is 6. The second-order valence-electron chi connectivity index (χ2n) is 15.0. The van der Waals surface area contributed by atoms with Gasteiger partial charge >= 0.3 is 5.97 Å². The summed E-state index contributed by atoms with van der Waals surface area (Å²) in [6.45, 7) is 4.31. The molecule has 0 spiro atoms. The normalized spacial score (nSPS) is 22.0. The Hall–Kier alpha value is -5.11. The Labute approximate surface area is 323 Å². The highest BCUT2D eigenvalue weighted by atomic mass is 16.4. The molecule has 14 heteroatoms. The molecule has 0 aromatic heterocycles. The summed E-state index contributed by atoms with van der Waals surface area (Å²) in [5.74, 6) is -3.71. The van der Waals surface area contributed by atoms with Crippen molar-refractivity contribution in [1.82, 2.24) is 25.0 Å². The van der Waals surface area contributed by atoms with E-state index < -0.39 is 71.8 Å². The zero-order valence-corrected chi connectivity index (χ0v) is 32.1. The number of piperidine rings is 1. The van der Waals surface area contributed by atoms with E-state index in [1.807, 2.05) is 74.5 Å². The molecule has 14 nitrogen and oxygen atoms in total. The summed E-state index contributed by atoms with van der Waals surface area (Å²) in [4.78, 5) is 87.1. The summed E-state index contributed by atoms with van der Waals surface area (Å²) >= 11 is 0. The number of aliphatic carboxylic acids is 1. The minimum absolute atomic E-state index is 0.169. The summed E-state index contributed by atoms with van der Waals surface area (Å²) in [5, 5.41) is 18.3. The van der Waals surface area contributed by atoms with Crippen LogP contribution < -0.4 is 11.1 Å². The highest BCUT2D eigenvalue weighted by molar-refractivity contribution is 5.97. The fourth-order valence-corrected chi connectivity index (χ4v) is 7.80. The fourth-order valence-electron chi connectivity index (χ4n) is 7.80. The first-order chi connectivity index (χ1) is 26.4. The quantitative estimate of drug-likeness (QED) is 0.263. The zero-order valence-electron chi connectivity index (χ0n) is 32.1. The molecule has 2 aromatic rings. The van der Waals surface area contributed by atoms with Crippen molar-refractivity contribution in [2.24, 2.45) is 16.8 Å². The largest absolute Gasteiger partial charge is 0.480 e. The van der Waals surface area contributed by atoms with Gasteiger partial charge in [-0.2, -0.15) is 5.10 Å².